The summed E-state index contributed by atoms with van der Waals surface area (Å²) in [5.41, 5.74) is 2.58. The van der Waals surface area contributed by atoms with E-state index in [0.29, 0.717) is 0 Å². The van der Waals surface area contributed by atoms with Crippen LogP contribution in [0.2, 0.25) is 5.02 Å². The molecule has 0 unspecified atom stereocenters. The second kappa shape index (κ2) is 18.0. The van der Waals surface area contributed by atoms with E-state index >= 15 is 0 Å². The monoisotopic (exact) mass is 423 g/mol. The van der Waals surface area contributed by atoms with Crippen molar-refractivity contribution in [2.75, 3.05) is 44.2 Å². The topological polar surface area (TPSA) is 27.3 Å². The highest BCUT2D eigenvalue weighted by atomic mass is 35.5. The average molecular weight is 424 g/mol. The summed E-state index contributed by atoms with van der Waals surface area (Å²) in [5.74, 6) is 0. The molecule has 3 rings (SSSR count). The van der Waals surface area contributed by atoms with Crippen molar-refractivity contribution in [3.8, 4) is 0 Å². The molecule has 1 aromatic carbocycles. The molecule has 0 aromatic heterocycles. The van der Waals surface area contributed by atoms with Gasteiger partial charge in [0.1, 0.15) is 0 Å². The molecule has 2 N–H and O–H groups in total. The van der Waals surface area contributed by atoms with Crippen molar-refractivity contribution in [3.63, 3.8) is 0 Å². The fourth-order valence-corrected chi connectivity index (χ4v) is 3.83. The van der Waals surface area contributed by atoms with Crippen LogP contribution >= 0.6 is 11.6 Å². The van der Waals surface area contributed by atoms with Gasteiger partial charge in [-0.1, -0.05) is 82.9 Å². The number of nitrogens with one attached hydrogen (secondary N) is 2. The van der Waals surface area contributed by atoms with Gasteiger partial charge in [0.15, 0.2) is 0 Å². The van der Waals surface area contributed by atoms with Crippen molar-refractivity contribution >= 4 is 17.3 Å². The standard InChI is InChI=1S/C11H15ClN2.C8H18.C6H13N/c1-9-2-3-10(12)8-11(9)14-6-4-13-5-7-14;1-3-5-7-8-6-4-2;1-2-4-6-7-5-3-1/h2-3,8,13H,4-7H2,1H3;3-8H2,1-2H3;7H,1-6H2. The van der Waals surface area contributed by atoms with Crippen LogP contribution < -0.4 is 15.5 Å². The summed E-state index contributed by atoms with van der Waals surface area (Å²) < 4.78 is 0. The van der Waals surface area contributed by atoms with Crippen molar-refractivity contribution in [2.24, 2.45) is 0 Å². The summed E-state index contributed by atoms with van der Waals surface area (Å²) in [6.07, 6.45) is 14.1. The van der Waals surface area contributed by atoms with Crippen molar-refractivity contribution in [1.82, 2.24) is 10.6 Å². The zero-order valence-corrected chi connectivity index (χ0v) is 20.1. The molecule has 0 aliphatic carbocycles. The normalized spacial score (nSPS) is 16.8. The summed E-state index contributed by atoms with van der Waals surface area (Å²) in [4.78, 5) is 2.39. The predicted molar refractivity (Wildman–Crippen MR) is 132 cm³/mol. The molecular formula is C25H46ClN3. The lowest BCUT2D eigenvalue weighted by Crippen LogP contribution is -2.43. The third-order valence-electron chi connectivity index (χ3n) is 5.54. The molecule has 2 fully saturated rings. The number of rotatable bonds is 6. The first-order valence-corrected chi connectivity index (χ1v) is 12.5. The second-order valence-electron chi connectivity index (χ2n) is 8.25. The van der Waals surface area contributed by atoms with Gasteiger partial charge in [0.05, 0.1) is 0 Å². The number of nitrogens with zero attached hydrogens (tertiary/aromatic N) is 1. The number of hydrogen-bond acceptors (Lipinski definition) is 3. The molecule has 29 heavy (non-hydrogen) atoms. The van der Waals surface area contributed by atoms with Gasteiger partial charge < -0.3 is 15.5 Å². The Morgan fingerprint density at radius 1 is 0.793 bits per heavy atom. The Labute approximate surface area is 186 Å². The van der Waals surface area contributed by atoms with Crippen LogP contribution in [0.3, 0.4) is 0 Å². The second-order valence-corrected chi connectivity index (χ2v) is 8.68. The minimum atomic E-state index is 0.823. The maximum atomic E-state index is 5.99. The lowest BCUT2D eigenvalue weighted by molar-refractivity contribution is 0.588. The minimum Gasteiger partial charge on any atom is -0.369 e. The fourth-order valence-electron chi connectivity index (χ4n) is 3.66. The predicted octanol–water partition coefficient (Wildman–Crippen LogP) is 6.57. The Morgan fingerprint density at radius 2 is 1.34 bits per heavy atom. The first-order chi connectivity index (χ1) is 14.2. The van der Waals surface area contributed by atoms with E-state index in [1.807, 2.05) is 6.07 Å². The van der Waals surface area contributed by atoms with Crippen LogP contribution in [-0.2, 0) is 0 Å². The van der Waals surface area contributed by atoms with E-state index in [1.165, 1.54) is 88.5 Å². The number of aryl methyl sites for hydroxylation is 1. The summed E-state index contributed by atoms with van der Waals surface area (Å²) in [5, 5.41) is 7.51. The third-order valence-corrected chi connectivity index (χ3v) is 5.78. The quantitative estimate of drug-likeness (QED) is 0.506. The summed E-state index contributed by atoms with van der Waals surface area (Å²) in [6.45, 7) is 13.4. The smallest absolute Gasteiger partial charge is 0.0426 e. The number of halogens is 1. The van der Waals surface area contributed by atoms with E-state index in [-0.39, 0.29) is 0 Å². The third kappa shape index (κ3) is 13.2. The highest BCUT2D eigenvalue weighted by Crippen LogP contribution is 2.24. The molecule has 1 aromatic rings. The van der Waals surface area contributed by atoms with Gasteiger partial charge >= 0.3 is 0 Å². The molecule has 2 saturated heterocycles. The Balaban J connectivity index is 0.000000239. The van der Waals surface area contributed by atoms with Crippen LogP contribution in [0.5, 0.6) is 0 Å². The molecule has 0 bridgehead atoms. The zero-order chi connectivity index (χ0) is 21.2. The van der Waals surface area contributed by atoms with E-state index in [0.717, 1.165) is 31.2 Å². The van der Waals surface area contributed by atoms with Crippen LogP contribution in [0.4, 0.5) is 5.69 Å². The van der Waals surface area contributed by atoms with Gasteiger partial charge in [0.25, 0.3) is 0 Å². The van der Waals surface area contributed by atoms with E-state index < -0.39 is 0 Å². The Morgan fingerprint density at radius 3 is 1.90 bits per heavy atom. The number of hydrogen-bond donors (Lipinski definition) is 2. The number of piperazine rings is 1. The molecule has 0 radical (unpaired) electrons. The number of unbranched alkanes of at least 4 members (excludes halogenated alkanes) is 5. The van der Waals surface area contributed by atoms with Gasteiger partial charge in [-0.05, 0) is 50.6 Å². The van der Waals surface area contributed by atoms with Crippen LogP contribution in [0, 0.1) is 6.92 Å². The van der Waals surface area contributed by atoms with Gasteiger partial charge in [-0.2, -0.15) is 0 Å². The molecule has 0 spiro atoms. The fraction of sp³-hybridized carbons (Fsp3) is 0.760. The molecule has 3 nitrogen and oxygen atoms in total. The van der Waals surface area contributed by atoms with Gasteiger partial charge in [0, 0.05) is 36.9 Å². The Kier molecular flexibility index (Phi) is 16.3. The van der Waals surface area contributed by atoms with Crippen molar-refractivity contribution < 1.29 is 0 Å². The van der Waals surface area contributed by atoms with Gasteiger partial charge in [0.2, 0.25) is 0 Å². The maximum absolute atomic E-state index is 5.99. The zero-order valence-electron chi connectivity index (χ0n) is 19.4. The van der Waals surface area contributed by atoms with Crippen molar-refractivity contribution in [3.05, 3.63) is 28.8 Å². The van der Waals surface area contributed by atoms with Crippen LogP contribution in [0.15, 0.2) is 18.2 Å². The van der Waals surface area contributed by atoms with Crippen molar-refractivity contribution in [2.45, 2.75) is 85.0 Å². The number of benzene rings is 1. The average Bonchev–Trinajstić information content (AvgIpc) is 3.08. The Bertz CT molecular complexity index is 475. The van der Waals surface area contributed by atoms with E-state index in [9.17, 15) is 0 Å². The minimum absolute atomic E-state index is 0.823. The molecule has 2 heterocycles. The van der Waals surface area contributed by atoms with Crippen LogP contribution in [0.25, 0.3) is 0 Å². The first-order valence-electron chi connectivity index (χ1n) is 12.1. The van der Waals surface area contributed by atoms with Crippen LogP contribution in [0.1, 0.15) is 83.6 Å². The maximum Gasteiger partial charge on any atom is 0.0426 e. The van der Waals surface area contributed by atoms with Gasteiger partial charge in [-0.25, -0.2) is 0 Å². The largest absolute Gasteiger partial charge is 0.369 e. The van der Waals surface area contributed by atoms with E-state index in [2.05, 4.69) is 48.4 Å². The first kappa shape index (κ1) is 26.3. The van der Waals surface area contributed by atoms with Gasteiger partial charge in [-0.3, -0.25) is 0 Å². The molecule has 0 saturated carbocycles. The Hall–Kier alpha value is -0.770. The summed E-state index contributed by atoms with van der Waals surface area (Å²) in [6, 6.07) is 6.09. The van der Waals surface area contributed by atoms with Crippen molar-refractivity contribution in [1.29, 1.82) is 0 Å². The van der Waals surface area contributed by atoms with Gasteiger partial charge in [-0.15, -0.1) is 0 Å². The molecule has 4 heteroatoms. The SMILES string of the molecule is C1CCCNCC1.CCCCCCCC.Cc1ccc(Cl)cc1N1CCNCC1. The molecule has 2 aliphatic heterocycles. The molecular weight excluding hydrogens is 378 g/mol. The summed E-state index contributed by atoms with van der Waals surface area (Å²) in [7, 11) is 0. The molecule has 2 aliphatic rings. The highest BCUT2D eigenvalue weighted by Gasteiger charge is 2.12. The molecule has 168 valence electrons. The molecule has 0 amide bonds. The van der Waals surface area contributed by atoms with Crippen LogP contribution in [-0.4, -0.2) is 39.3 Å². The number of anilines is 1. The summed E-state index contributed by atoms with van der Waals surface area (Å²) >= 11 is 5.99. The lowest BCUT2D eigenvalue weighted by Gasteiger charge is -2.30. The van der Waals surface area contributed by atoms with E-state index in [1.54, 1.807) is 0 Å². The molecule has 0 atom stereocenters. The lowest BCUT2D eigenvalue weighted by atomic mass is 10.1. The van der Waals surface area contributed by atoms with E-state index in [4.69, 9.17) is 11.6 Å². The highest BCUT2D eigenvalue weighted by molar-refractivity contribution is 6.30.